The minimum Gasteiger partial charge on any atom is -0.330 e. The molecule has 0 aliphatic carbocycles. The predicted octanol–water partition coefficient (Wildman–Crippen LogP) is 1.70. The molecule has 13 heavy (non-hydrogen) atoms. The van der Waals surface area contributed by atoms with Crippen molar-refractivity contribution in [1.29, 1.82) is 0 Å². The van der Waals surface area contributed by atoms with Crippen molar-refractivity contribution in [3.05, 3.63) is 0 Å². The van der Waals surface area contributed by atoms with Crippen molar-refractivity contribution in [1.82, 2.24) is 4.90 Å². The lowest BCUT2D eigenvalue weighted by molar-refractivity contribution is 0.0551. The lowest BCUT2D eigenvalue weighted by Crippen LogP contribution is -2.46. The van der Waals surface area contributed by atoms with Crippen molar-refractivity contribution in [2.75, 3.05) is 26.2 Å². The molecule has 1 aliphatic rings. The Labute approximate surface area is 82.5 Å². The molecule has 0 radical (unpaired) electrons. The number of nitrogens with zero attached hydrogens (tertiary/aromatic N) is 1. The van der Waals surface area contributed by atoms with Crippen LogP contribution >= 0.6 is 0 Å². The van der Waals surface area contributed by atoms with Crippen LogP contribution < -0.4 is 5.73 Å². The fourth-order valence-electron chi connectivity index (χ4n) is 2.52. The molecule has 0 bridgehead atoms. The summed E-state index contributed by atoms with van der Waals surface area (Å²) in [5, 5.41) is 0. The Morgan fingerprint density at radius 1 is 1.46 bits per heavy atom. The Kier molecular flexibility index (Phi) is 3.74. The van der Waals surface area contributed by atoms with E-state index in [1.807, 2.05) is 0 Å². The fraction of sp³-hybridized carbons (Fsp3) is 1.00. The molecule has 2 heteroatoms. The third-order valence-corrected chi connectivity index (χ3v) is 3.49. The largest absolute Gasteiger partial charge is 0.330 e. The van der Waals surface area contributed by atoms with Crippen LogP contribution in [0.4, 0.5) is 0 Å². The van der Waals surface area contributed by atoms with Crippen LogP contribution in [0, 0.1) is 11.3 Å². The van der Waals surface area contributed by atoms with Gasteiger partial charge in [-0.2, -0.15) is 0 Å². The molecule has 1 atom stereocenters. The Hall–Kier alpha value is -0.0800. The highest BCUT2D eigenvalue weighted by Crippen LogP contribution is 2.36. The third kappa shape index (κ3) is 2.68. The highest BCUT2D eigenvalue weighted by atomic mass is 15.1. The van der Waals surface area contributed by atoms with Crippen LogP contribution in [0.5, 0.6) is 0 Å². The summed E-state index contributed by atoms with van der Waals surface area (Å²) in [4.78, 5) is 2.55. The summed E-state index contributed by atoms with van der Waals surface area (Å²) in [7, 11) is 0. The summed E-state index contributed by atoms with van der Waals surface area (Å²) in [5.41, 5.74) is 6.10. The summed E-state index contributed by atoms with van der Waals surface area (Å²) in [5.74, 6) is 0.834. The van der Waals surface area contributed by atoms with Crippen molar-refractivity contribution in [3.8, 4) is 0 Å². The Morgan fingerprint density at radius 3 is 2.62 bits per heavy atom. The van der Waals surface area contributed by atoms with Gasteiger partial charge in [0.2, 0.25) is 0 Å². The minimum absolute atomic E-state index is 0.466. The summed E-state index contributed by atoms with van der Waals surface area (Å²) in [6.07, 6.45) is 2.53. The van der Waals surface area contributed by atoms with Gasteiger partial charge in [0.15, 0.2) is 0 Å². The third-order valence-electron chi connectivity index (χ3n) is 3.49. The van der Waals surface area contributed by atoms with Gasteiger partial charge in [0, 0.05) is 6.54 Å². The first kappa shape index (κ1) is 11.0. The highest BCUT2D eigenvalue weighted by Gasteiger charge is 2.34. The molecule has 1 fully saturated rings. The van der Waals surface area contributed by atoms with E-state index in [-0.39, 0.29) is 0 Å². The van der Waals surface area contributed by atoms with Gasteiger partial charge in [0.25, 0.3) is 0 Å². The molecular formula is C11H24N2. The van der Waals surface area contributed by atoms with Gasteiger partial charge in [-0.05, 0) is 43.8 Å². The zero-order valence-corrected chi connectivity index (χ0v) is 9.34. The van der Waals surface area contributed by atoms with Crippen LogP contribution in [0.2, 0.25) is 0 Å². The molecule has 0 spiro atoms. The summed E-state index contributed by atoms with van der Waals surface area (Å²) in [6.45, 7) is 11.6. The average molecular weight is 184 g/mol. The van der Waals surface area contributed by atoms with E-state index in [4.69, 9.17) is 5.73 Å². The van der Waals surface area contributed by atoms with E-state index >= 15 is 0 Å². The van der Waals surface area contributed by atoms with E-state index in [9.17, 15) is 0 Å². The molecule has 0 aromatic heterocycles. The molecule has 1 aliphatic heterocycles. The van der Waals surface area contributed by atoms with Crippen LogP contribution in [0.25, 0.3) is 0 Å². The first-order valence-corrected chi connectivity index (χ1v) is 5.52. The first-order chi connectivity index (χ1) is 6.10. The van der Waals surface area contributed by atoms with E-state index in [1.165, 1.54) is 32.5 Å². The van der Waals surface area contributed by atoms with Crippen molar-refractivity contribution in [2.45, 2.75) is 33.6 Å². The maximum absolute atomic E-state index is 5.63. The summed E-state index contributed by atoms with van der Waals surface area (Å²) >= 11 is 0. The molecule has 1 unspecified atom stereocenters. The van der Waals surface area contributed by atoms with Crippen LogP contribution in [-0.4, -0.2) is 31.1 Å². The molecule has 2 N–H and O–H groups in total. The Balaban J connectivity index is 2.51. The second-order valence-electron chi connectivity index (χ2n) is 4.92. The van der Waals surface area contributed by atoms with Gasteiger partial charge in [-0.3, -0.25) is 0 Å². The van der Waals surface area contributed by atoms with Gasteiger partial charge in [0.1, 0.15) is 0 Å². The van der Waals surface area contributed by atoms with E-state index in [0.717, 1.165) is 12.5 Å². The minimum atomic E-state index is 0.466. The summed E-state index contributed by atoms with van der Waals surface area (Å²) < 4.78 is 0. The van der Waals surface area contributed by atoms with E-state index < -0.39 is 0 Å². The van der Waals surface area contributed by atoms with Crippen molar-refractivity contribution >= 4 is 0 Å². The predicted molar refractivity (Wildman–Crippen MR) is 57.7 cm³/mol. The van der Waals surface area contributed by atoms with Gasteiger partial charge < -0.3 is 10.6 Å². The Bertz CT molecular complexity index is 154. The van der Waals surface area contributed by atoms with Crippen LogP contribution in [0.15, 0.2) is 0 Å². The quantitative estimate of drug-likeness (QED) is 0.723. The van der Waals surface area contributed by atoms with E-state index in [2.05, 4.69) is 25.7 Å². The molecule has 1 saturated heterocycles. The normalized spacial score (nSPS) is 29.1. The molecule has 0 aromatic carbocycles. The van der Waals surface area contributed by atoms with Crippen molar-refractivity contribution < 1.29 is 0 Å². The lowest BCUT2D eigenvalue weighted by atomic mass is 9.72. The standard InChI is InChI=1S/C11H24N2/c1-4-13-8-6-10(5-7-12)11(2,3)9-13/h10H,4-9,12H2,1-3H3. The van der Waals surface area contributed by atoms with Gasteiger partial charge in [-0.15, -0.1) is 0 Å². The number of hydrogen-bond acceptors (Lipinski definition) is 2. The smallest absolute Gasteiger partial charge is 0.00352 e. The SMILES string of the molecule is CCN1CCC(CCN)C(C)(C)C1. The van der Waals surface area contributed by atoms with E-state index in [1.54, 1.807) is 0 Å². The number of hydrogen-bond donors (Lipinski definition) is 1. The molecule has 1 heterocycles. The van der Waals surface area contributed by atoms with Crippen molar-refractivity contribution in [2.24, 2.45) is 17.1 Å². The fourth-order valence-corrected chi connectivity index (χ4v) is 2.52. The van der Waals surface area contributed by atoms with E-state index in [0.29, 0.717) is 5.41 Å². The number of nitrogens with two attached hydrogens (primary N) is 1. The molecular weight excluding hydrogens is 160 g/mol. The second-order valence-corrected chi connectivity index (χ2v) is 4.92. The van der Waals surface area contributed by atoms with Gasteiger partial charge in [-0.1, -0.05) is 20.8 Å². The molecule has 0 aromatic rings. The van der Waals surface area contributed by atoms with Crippen LogP contribution in [0.1, 0.15) is 33.6 Å². The molecule has 1 rings (SSSR count). The van der Waals surface area contributed by atoms with Gasteiger partial charge in [-0.25, -0.2) is 0 Å². The summed E-state index contributed by atoms with van der Waals surface area (Å²) in [6, 6.07) is 0. The maximum Gasteiger partial charge on any atom is 0.00352 e. The molecule has 78 valence electrons. The number of likely N-dealkylation sites (tertiary alicyclic amines) is 1. The monoisotopic (exact) mass is 184 g/mol. The maximum atomic E-state index is 5.63. The number of rotatable bonds is 3. The first-order valence-electron chi connectivity index (χ1n) is 5.52. The lowest BCUT2D eigenvalue weighted by Gasteiger charge is -2.44. The molecule has 0 saturated carbocycles. The average Bonchev–Trinajstić information content (AvgIpc) is 2.08. The van der Waals surface area contributed by atoms with Crippen molar-refractivity contribution in [3.63, 3.8) is 0 Å². The van der Waals surface area contributed by atoms with Gasteiger partial charge in [0.05, 0.1) is 0 Å². The highest BCUT2D eigenvalue weighted by molar-refractivity contribution is 4.86. The molecule has 2 nitrogen and oxygen atoms in total. The van der Waals surface area contributed by atoms with Crippen LogP contribution in [0.3, 0.4) is 0 Å². The molecule has 0 amide bonds. The topological polar surface area (TPSA) is 29.3 Å². The zero-order valence-electron chi connectivity index (χ0n) is 9.34. The van der Waals surface area contributed by atoms with Crippen LogP contribution in [-0.2, 0) is 0 Å². The zero-order chi connectivity index (χ0) is 9.90. The second kappa shape index (κ2) is 4.43. The number of piperidine rings is 1. The Morgan fingerprint density at radius 2 is 2.15 bits per heavy atom. The van der Waals surface area contributed by atoms with Gasteiger partial charge >= 0.3 is 0 Å².